The molecule has 25 heavy (non-hydrogen) atoms. The lowest BCUT2D eigenvalue weighted by atomic mass is 10.1. The number of carbonyl (C=O) groups excluding carboxylic acids is 1. The van der Waals surface area contributed by atoms with Crippen LogP contribution in [0.2, 0.25) is 0 Å². The first-order chi connectivity index (χ1) is 12.1. The Bertz CT molecular complexity index is 744. The van der Waals surface area contributed by atoms with Crippen molar-refractivity contribution < 1.29 is 14.3 Å². The summed E-state index contributed by atoms with van der Waals surface area (Å²) >= 11 is 1.74. The van der Waals surface area contributed by atoms with Crippen LogP contribution >= 0.6 is 11.8 Å². The Kier molecular flexibility index (Phi) is 5.38. The maximum Gasteiger partial charge on any atom is 0.323 e. The van der Waals surface area contributed by atoms with Gasteiger partial charge in [0.2, 0.25) is 0 Å². The number of rotatable bonds is 4. The summed E-state index contributed by atoms with van der Waals surface area (Å²) < 4.78 is 10.7. The summed E-state index contributed by atoms with van der Waals surface area (Å²) in [6.45, 7) is 2.69. The summed E-state index contributed by atoms with van der Waals surface area (Å²) in [6, 6.07) is 13.4. The summed E-state index contributed by atoms with van der Waals surface area (Å²) in [4.78, 5) is 14.7. The summed E-state index contributed by atoms with van der Waals surface area (Å²) in [5.74, 6) is 2.34. The maximum atomic E-state index is 12.8. The smallest absolute Gasteiger partial charge is 0.323 e. The second-order valence-corrected chi connectivity index (χ2v) is 7.00. The van der Waals surface area contributed by atoms with E-state index >= 15 is 0 Å². The van der Waals surface area contributed by atoms with E-state index < -0.39 is 0 Å². The molecule has 6 heteroatoms. The van der Waals surface area contributed by atoms with Crippen molar-refractivity contribution in [3.63, 3.8) is 0 Å². The average molecular weight is 358 g/mol. The predicted molar refractivity (Wildman–Crippen MR) is 102 cm³/mol. The molecule has 2 aromatic carbocycles. The van der Waals surface area contributed by atoms with Gasteiger partial charge in [-0.2, -0.15) is 0 Å². The summed E-state index contributed by atoms with van der Waals surface area (Å²) in [7, 11) is 3.26. The molecule has 0 saturated carbocycles. The average Bonchev–Trinajstić information content (AvgIpc) is 3.13. The summed E-state index contributed by atoms with van der Waals surface area (Å²) in [5, 5.41) is 2.96. The molecule has 1 aliphatic rings. The maximum absolute atomic E-state index is 12.8. The number of hydrogen-bond acceptors (Lipinski definition) is 4. The van der Waals surface area contributed by atoms with Crippen molar-refractivity contribution in [2.75, 3.05) is 31.8 Å². The van der Waals surface area contributed by atoms with E-state index in [0.29, 0.717) is 6.54 Å². The second kappa shape index (κ2) is 7.70. The number of thioether (sulfide) groups is 1. The fourth-order valence-corrected chi connectivity index (χ4v) is 4.06. The van der Waals surface area contributed by atoms with Gasteiger partial charge in [-0.3, -0.25) is 0 Å². The molecule has 1 atom stereocenters. The molecule has 1 unspecified atom stereocenters. The highest BCUT2D eigenvalue weighted by molar-refractivity contribution is 7.99. The molecule has 2 aromatic rings. The molecule has 1 heterocycles. The van der Waals surface area contributed by atoms with Crippen molar-refractivity contribution in [1.29, 1.82) is 0 Å². The molecule has 0 bridgehead atoms. The summed E-state index contributed by atoms with van der Waals surface area (Å²) in [5.41, 5.74) is 2.88. The molecule has 1 saturated heterocycles. The van der Waals surface area contributed by atoms with E-state index in [0.717, 1.165) is 34.1 Å². The lowest BCUT2D eigenvalue weighted by Gasteiger charge is -2.25. The fourth-order valence-electron chi connectivity index (χ4n) is 2.83. The number of nitrogens with zero attached hydrogens (tertiary/aromatic N) is 1. The number of amides is 2. The quantitative estimate of drug-likeness (QED) is 0.886. The van der Waals surface area contributed by atoms with E-state index in [1.807, 2.05) is 54.3 Å². The topological polar surface area (TPSA) is 50.8 Å². The largest absolute Gasteiger partial charge is 0.497 e. The van der Waals surface area contributed by atoms with Gasteiger partial charge in [0.05, 0.1) is 14.2 Å². The number of para-hydroxylation sites is 1. The minimum Gasteiger partial charge on any atom is -0.497 e. The monoisotopic (exact) mass is 358 g/mol. The Labute approximate surface area is 152 Å². The van der Waals surface area contributed by atoms with Gasteiger partial charge in [-0.05, 0) is 36.2 Å². The van der Waals surface area contributed by atoms with Gasteiger partial charge < -0.3 is 19.7 Å². The third-order valence-corrected chi connectivity index (χ3v) is 5.46. The number of nitrogens with one attached hydrogen (secondary N) is 1. The Morgan fingerprint density at radius 2 is 1.84 bits per heavy atom. The van der Waals surface area contributed by atoms with Crippen molar-refractivity contribution in [3.05, 3.63) is 53.6 Å². The van der Waals surface area contributed by atoms with E-state index in [9.17, 15) is 4.79 Å². The molecule has 0 spiro atoms. The van der Waals surface area contributed by atoms with Crippen LogP contribution in [-0.2, 0) is 0 Å². The molecule has 0 aromatic heterocycles. The van der Waals surface area contributed by atoms with Gasteiger partial charge in [0, 0.05) is 24.1 Å². The first-order valence-corrected chi connectivity index (χ1v) is 9.15. The highest BCUT2D eigenvalue weighted by Gasteiger charge is 2.31. The Hall–Kier alpha value is -2.34. The van der Waals surface area contributed by atoms with E-state index in [4.69, 9.17) is 9.47 Å². The van der Waals surface area contributed by atoms with Crippen LogP contribution < -0.4 is 14.8 Å². The lowest BCUT2D eigenvalue weighted by molar-refractivity contribution is 0.214. The van der Waals surface area contributed by atoms with Crippen LogP contribution in [0.1, 0.15) is 16.5 Å². The Morgan fingerprint density at radius 3 is 2.48 bits per heavy atom. The fraction of sp³-hybridized carbons (Fsp3) is 0.316. The van der Waals surface area contributed by atoms with Gasteiger partial charge >= 0.3 is 6.03 Å². The van der Waals surface area contributed by atoms with Crippen molar-refractivity contribution in [2.24, 2.45) is 0 Å². The Balaban J connectivity index is 1.83. The first kappa shape index (κ1) is 17.5. The third kappa shape index (κ3) is 3.85. The van der Waals surface area contributed by atoms with Crippen LogP contribution in [0.5, 0.6) is 11.5 Å². The number of methoxy groups -OCH3 is 2. The van der Waals surface area contributed by atoms with Crippen LogP contribution in [0.3, 0.4) is 0 Å². The van der Waals surface area contributed by atoms with Crippen LogP contribution in [0.15, 0.2) is 42.5 Å². The number of hydrogen-bond donors (Lipinski definition) is 1. The van der Waals surface area contributed by atoms with Crippen molar-refractivity contribution in [3.8, 4) is 11.5 Å². The van der Waals surface area contributed by atoms with Gasteiger partial charge in [0.15, 0.2) is 0 Å². The van der Waals surface area contributed by atoms with Crippen molar-refractivity contribution >= 4 is 23.5 Å². The van der Waals surface area contributed by atoms with E-state index in [2.05, 4.69) is 5.32 Å². The highest BCUT2D eigenvalue weighted by Crippen LogP contribution is 2.40. The zero-order valence-electron chi connectivity index (χ0n) is 14.6. The molecule has 0 radical (unpaired) electrons. The molecule has 1 aliphatic heterocycles. The normalized spacial score (nSPS) is 16.6. The number of benzene rings is 2. The molecule has 1 N–H and O–H groups in total. The molecule has 2 amide bonds. The van der Waals surface area contributed by atoms with Crippen molar-refractivity contribution in [1.82, 2.24) is 4.90 Å². The molecule has 5 nitrogen and oxygen atoms in total. The molecule has 132 valence electrons. The van der Waals surface area contributed by atoms with Gasteiger partial charge in [0.1, 0.15) is 16.9 Å². The Morgan fingerprint density at radius 1 is 1.16 bits per heavy atom. The van der Waals surface area contributed by atoms with Gasteiger partial charge in [-0.1, -0.05) is 18.2 Å². The molecular formula is C19H22N2O3S. The third-order valence-electron chi connectivity index (χ3n) is 4.20. The zero-order valence-corrected chi connectivity index (χ0v) is 15.4. The number of anilines is 1. The highest BCUT2D eigenvalue weighted by atomic mass is 32.2. The molecule has 0 aliphatic carbocycles. The molecular weight excluding hydrogens is 336 g/mol. The van der Waals surface area contributed by atoms with Crippen LogP contribution in [0.25, 0.3) is 0 Å². The second-order valence-electron chi connectivity index (χ2n) is 5.81. The predicted octanol–water partition coefficient (Wildman–Crippen LogP) is 4.29. The van der Waals surface area contributed by atoms with E-state index in [1.165, 1.54) is 0 Å². The SMILES string of the molecule is COc1cc(OC)cc(C2SCCN2C(=O)Nc2ccccc2C)c1. The minimum atomic E-state index is -0.0916. The zero-order chi connectivity index (χ0) is 17.8. The molecule has 3 rings (SSSR count). The van der Waals surface area contributed by atoms with Crippen molar-refractivity contribution in [2.45, 2.75) is 12.3 Å². The number of aryl methyl sites for hydroxylation is 1. The van der Waals surface area contributed by atoms with Crippen LogP contribution in [0.4, 0.5) is 10.5 Å². The van der Waals surface area contributed by atoms with Crippen LogP contribution in [-0.4, -0.2) is 37.4 Å². The number of carbonyl (C=O) groups is 1. The van der Waals surface area contributed by atoms with Gasteiger partial charge in [0.25, 0.3) is 0 Å². The van der Waals surface area contributed by atoms with E-state index in [1.54, 1.807) is 26.0 Å². The van der Waals surface area contributed by atoms with E-state index in [-0.39, 0.29) is 11.4 Å². The lowest BCUT2D eigenvalue weighted by Crippen LogP contribution is -2.34. The van der Waals surface area contributed by atoms with Gasteiger partial charge in [-0.15, -0.1) is 11.8 Å². The summed E-state index contributed by atoms with van der Waals surface area (Å²) in [6.07, 6.45) is 0. The number of ether oxygens (including phenoxy) is 2. The number of urea groups is 1. The first-order valence-electron chi connectivity index (χ1n) is 8.10. The standard InChI is InChI=1S/C19H22N2O3S/c1-13-6-4-5-7-17(13)20-19(22)21-8-9-25-18(21)14-10-15(23-2)12-16(11-14)24-3/h4-7,10-12,18H,8-9H2,1-3H3,(H,20,22). The molecule has 1 fully saturated rings. The van der Waals surface area contributed by atoms with Crippen LogP contribution in [0, 0.1) is 6.92 Å². The minimum absolute atomic E-state index is 0.0620. The van der Waals surface area contributed by atoms with Gasteiger partial charge in [-0.25, -0.2) is 4.79 Å².